The number of hydrogen-bond acceptors (Lipinski definition) is 8. The van der Waals surface area contributed by atoms with Crippen LogP contribution in [0.25, 0.3) is 0 Å². The van der Waals surface area contributed by atoms with Crippen molar-refractivity contribution in [1.82, 2.24) is 15.2 Å². The molecule has 3 aromatic rings. The lowest BCUT2D eigenvalue weighted by molar-refractivity contribution is 0.100. The monoisotopic (exact) mass is 398 g/mol. The van der Waals surface area contributed by atoms with Crippen LogP contribution in [0.15, 0.2) is 36.7 Å². The van der Waals surface area contributed by atoms with Crippen LogP contribution in [0.2, 0.25) is 0 Å². The summed E-state index contributed by atoms with van der Waals surface area (Å²) in [5.74, 6) is 1.59. The number of H-pyrrole nitrogens is 1. The summed E-state index contributed by atoms with van der Waals surface area (Å²) in [4.78, 5) is 16.0. The first-order valence-corrected chi connectivity index (χ1v) is 8.66. The molecule has 5 N–H and O–H groups in total. The van der Waals surface area contributed by atoms with E-state index in [-0.39, 0.29) is 5.56 Å². The number of amides is 1. The van der Waals surface area contributed by atoms with Gasteiger partial charge >= 0.3 is 0 Å². The van der Waals surface area contributed by atoms with E-state index < -0.39 is 5.91 Å². The molecule has 1 amide bonds. The average Bonchev–Trinajstić information content (AvgIpc) is 3.14. The molecule has 29 heavy (non-hydrogen) atoms. The van der Waals surface area contributed by atoms with E-state index in [4.69, 9.17) is 19.9 Å². The van der Waals surface area contributed by atoms with Crippen molar-refractivity contribution >= 4 is 23.2 Å². The maximum atomic E-state index is 12.0. The largest absolute Gasteiger partial charge is 0.493 e. The van der Waals surface area contributed by atoms with Crippen LogP contribution in [0, 0.1) is 0 Å². The topological polar surface area (TPSA) is 136 Å². The molecular formula is C19H22N6O4. The Morgan fingerprint density at radius 2 is 1.93 bits per heavy atom. The van der Waals surface area contributed by atoms with Gasteiger partial charge in [-0.1, -0.05) is 0 Å². The van der Waals surface area contributed by atoms with E-state index in [0.29, 0.717) is 41.1 Å². The molecule has 0 aliphatic rings. The zero-order chi connectivity index (χ0) is 20.8. The summed E-state index contributed by atoms with van der Waals surface area (Å²) in [6.07, 6.45) is 3.26. The summed E-state index contributed by atoms with van der Waals surface area (Å²) in [5, 5.41) is 13.1. The maximum absolute atomic E-state index is 12.0. The molecule has 0 bridgehead atoms. The lowest BCUT2D eigenvalue weighted by Gasteiger charge is -2.16. The maximum Gasteiger partial charge on any atom is 0.256 e. The lowest BCUT2D eigenvalue weighted by atomic mass is 10.1. The molecule has 0 saturated carbocycles. The molecule has 1 aromatic carbocycles. The highest BCUT2D eigenvalue weighted by atomic mass is 16.5. The summed E-state index contributed by atoms with van der Waals surface area (Å²) in [5.41, 5.74) is 7.23. The van der Waals surface area contributed by atoms with Crippen molar-refractivity contribution in [3.8, 4) is 17.2 Å². The number of carbonyl (C=O) groups excluding carboxylic acids is 1. The number of nitrogens with two attached hydrogens (primary N) is 1. The molecule has 2 heterocycles. The number of aromatic nitrogens is 3. The third kappa shape index (κ3) is 4.15. The fraction of sp³-hybridized carbons (Fsp3) is 0.211. The zero-order valence-corrected chi connectivity index (χ0v) is 16.3. The van der Waals surface area contributed by atoms with Crippen molar-refractivity contribution in [3.63, 3.8) is 0 Å². The summed E-state index contributed by atoms with van der Waals surface area (Å²) in [6, 6.07) is 7.17. The molecule has 0 saturated heterocycles. The minimum Gasteiger partial charge on any atom is -0.493 e. The molecule has 0 aliphatic carbocycles. The van der Waals surface area contributed by atoms with E-state index in [9.17, 15) is 4.79 Å². The molecule has 3 rings (SSSR count). The van der Waals surface area contributed by atoms with Gasteiger partial charge < -0.3 is 30.6 Å². The summed E-state index contributed by atoms with van der Waals surface area (Å²) in [6.45, 7) is 0.318. The summed E-state index contributed by atoms with van der Waals surface area (Å²) >= 11 is 0. The Balaban J connectivity index is 1.85. The van der Waals surface area contributed by atoms with E-state index in [0.717, 1.165) is 5.56 Å². The van der Waals surface area contributed by atoms with Gasteiger partial charge in [-0.15, -0.1) is 0 Å². The Bertz CT molecular complexity index is 990. The highest BCUT2D eigenvalue weighted by molar-refractivity contribution is 6.03. The fourth-order valence-corrected chi connectivity index (χ4v) is 2.86. The normalized spacial score (nSPS) is 10.3. The molecule has 0 aliphatic heterocycles. The summed E-state index contributed by atoms with van der Waals surface area (Å²) in [7, 11) is 4.63. The second-order valence-electron chi connectivity index (χ2n) is 5.90. The number of aromatic amines is 1. The van der Waals surface area contributed by atoms with Crippen molar-refractivity contribution < 1.29 is 19.0 Å². The smallest absolute Gasteiger partial charge is 0.256 e. The number of nitrogens with zero attached hydrogens (tertiary/aromatic N) is 2. The number of benzene rings is 1. The van der Waals surface area contributed by atoms with Crippen LogP contribution in [-0.2, 0) is 6.54 Å². The summed E-state index contributed by atoms with van der Waals surface area (Å²) < 4.78 is 16.2. The fourth-order valence-electron chi connectivity index (χ4n) is 2.86. The number of anilines is 3. The van der Waals surface area contributed by atoms with Crippen LogP contribution in [-0.4, -0.2) is 42.4 Å². The molecule has 2 aromatic heterocycles. The van der Waals surface area contributed by atoms with Gasteiger partial charge in [0.05, 0.1) is 33.2 Å². The molecule has 10 heteroatoms. The van der Waals surface area contributed by atoms with Crippen molar-refractivity contribution in [3.05, 3.63) is 47.8 Å². The minimum absolute atomic E-state index is 0.202. The number of carbonyl (C=O) groups is 1. The number of primary amides is 1. The first-order chi connectivity index (χ1) is 14.1. The Morgan fingerprint density at radius 1 is 1.14 bits per heavy atom. The SMILES string of the molecule is COc1ccc(CNc2[nH]nc(Nc3cccnc3)c2C(N)=O)c(OC)c1OC. The molecular weight excluding hydrogens is 376 g/mol. The Kier molecular flexibility index (Phi) is 6.03. The van der Waals surface area contributed by atoms with Gasteiger partial charge in [-0.25, -0.2) is 0 Å². The Morgan fingerprint density at radius 3 is 2.55 bits per heavy atom. The molecule has 0 atom stereocenters. The van der Waals surface area contributed by atoms with Crippen molar-refractivity contribution in [2.45, 2.75) is 6.54 Å². The number of rotatable bonds is 9. The van der Waals surface area contributed by atoms with Crippen LogP contribution < -0.4 is 30.6 Å². The number of ether oxygens (including phenoxy) is 3. The van der Waals surface area contributed by atoms with Crippen LogP contribution >= 0.6 is 0 Å². The second-order valence-corrected chi connectivity index (χ2v) is 5.90. The van der Waals surface area contributed by atoms with Gasteiger partial charge in [0.2, 0.25) is 5.75 Å². The van der Waals surface area contributed by atoms with E-state index in [1.807, 2.05) is 6.07 Å². The lowest BCUT2D eigenvalue weighted by Crippen LogP contribution is -2.15. The van der Waals surface area contributed by atoms with Crippen molar-refractivity contribution in [2.24, 2.45) is 5.73 Å². The predicted molar refractivity (Wildman–Crippen MR) is 108 cm³/mol. The number of nitrogens with one attached hydrogen (secondary N) is 3. The minimum atomic E-state index is -0.632. The number of pyridine rings is 1. The Hall–Kier alpha value is -3.95. The first-order valence-electron chi connectivity index (χ1n) is 8.66. The van der Waals surface area contributed by atoms with E-state index in [1.54, 1.807) is 44.8 Å². The van der Waals surface area contributed by atoms with Gasteiger partial charge in [0.1, 0.15) is 11.4 Å². The van der Waals surface area contributed by atoms with E-state index in [2.05, 4.69) is 25.8 Å². The first kappa shape index (κ1) is 19.8. The van der Waals surface area contributed by atoms with Crippen LogP contribution in [0.4, 0.5) is 17.3 Å². The molecule has 152 valence electrons. The van der Waals surface area contributed by atoms with Crippen LogP contribution in [0.5, 0.6) is 17.2 Å². The van der Waals surface area contributed by atoms with Gasteiger partial charge in [0.25, 0.3) is 5.91 Å². The van der Waals surface area contributed by atoms with Gasteiger partial charge in [-0.2, -0.15) is 5.10 Å². The Labute approximate surface area is 167 Å². The predicted octanol–water partition coefficient (Wildman–Crippen LogP) is 2.29. The molecule has 0 spiro atoms. The number of hydrogen-bond donors (Lipinski definition) is 4. The average molecular weight is 398 g/mol. The molecule has 0 fully saturated rings. The van der Waals surface area contributed by atoms with Crippen LogP contribution in [0.1, 0.15) is 15.9 Å². The molecule has 10 nitrogen and oxygen atoms in total. The van der Waals surface area contributed by atoms with Crippen LogP contribution in [0.3, 0.4) is 0 Å². The third-order valence-electron chi connectivity index (χ3n) is 4.18. The quantitative estimate of drug-likeness (QED) is 0.431. The van der Waals surface area contributed by atoms with Crippen molar-refractivity contribution in [1.29, 1.82) is 0 Å². The third-order valence-corrected chi connectivity index (χ3v) is 4.18. The molecule has 0 unspecified atom stereocenters. The van der Waals surface area contributed by atoms with E-state index in [1.165, 1.54) is 7.11 Å². The second kappa shape index (κ2) is 8.83. The molecule has 0 radical (unpaired) electrons. The van der Waals surface area contributed by atoms with Gasteiger partial charge in [-0.3, -0.25) is 14.9 Å². The highest BCUT2D eigenvalue weighted by Gasteiger charge is 2.20. The van der Waals surface area contributed by atoms with Gasteiger partial charge in [0.15, 0.2) is 17.3 Å². The van der Waals surface area contributed by atoms with E-state index >= 15 is 0 Å². The van der Waals surface area contributed by atoms with Crippen molar-refractivity contribution in [2.75, 3.05) is 32.0 Å². The van der Waals surface area contributed by atoms with Gasteiger partial charge in [-0.05, 0) is 24.3 Å². The van der Waals surface area contributed by atoms with Gasteiger partial charge in [0, 0.05) is 18.3 Å². The zero-order valence-electron chi connectivity index (χ0n) is 16.3. The number of methoxy groups -OCH3 is 3. The highest BCUT2D eigenvalue weighted by Crippen LogP contribution is 2.40. The standard InChI is InChI=1S/C19H22N6O4/c1-27-13-7-6-11(15(28-2)16(13)29-3)9-22-18-14(17(20)26)19(25-24-18)23-12-5-4-8-21-10-12/h4-8,10H,9H2,1-3H3,(H2,20,26)(H3,22,23,24,25).